The van der Waals surface area contributed by atoms with Gasteiger partial charge in [0.15, 0.2) is 0 Å². The van der Waals surface area contributed by atoms with Crippen molar-refractivity contribution in [3.8, 4) is 0 Å². The van der Waals surface area contributed by atoms with Gasteiger partial charge < -0.3 is 0 Å². The van der Waals surface area contributed by atoms with E-state index >= 15 is 0 Å². The molecule has 0 unspecified atom stereocenters. The molecule has 0 amide bonds. The summed E-state index contributed by atoms with van der Waals surface area (Å²) in [6.07, 6.45) is -0.894. The molecule has 124 valence electrons. The molecule has 3 nitrogen and oxygen atoms in total. The van der Waals surface area contributed by atoms with Gasteiger partial charge in [-0.2, -0.15) is 17.5 Å². The van der Waals surface area contributed by atoms with Crippen LogP contribution in [0.5, 0.6) is 0 Å². The quantitative estimate of drug-likeness (QED) is 0.832. The molecular formula is C15H20F3NO2S. The Morgan fingerprint density at radius 3 is 2.00 bits per heavy atom. The Balaban J connectivity index is 2.35. The lowest BCUT2D eigenvalue weighted by Gasteiger charge is -2.31. The molecule has 0 radical (unpaired) electrons. The Bertz CT molecular complexity index is 603. The zero-order chi connectivity index (χ0) is 16.5. The molecule has 7 heteroatoms. The summed E-state index contributed by atoms with van der Waals surface area (Å²) in [6.45, 7) is 3.58. The first-order chi connectivity index (χ1) is 10.1. The van der Waals surface area contributed by atoms with Crippen LogP contribution in [0.25, 0.3) is 0 Å². The summed E-state index contributed by atoms with van der Waals surface area (Å²) in [5.74, 6) is 0. The number of rotatable bonds is 4. The van der Waals surface area contributed by atoms with E-state index in [-0.39, 0.29) is 17.0 Å². The van der Waals surface area contributed by atoms with Gasteiger partial charge in [0.2, 0.25) is 10.0 Å². The van der Waals surface area contributed by atoms with Crippen LogP contribution in [0.15, 0.2) is 29.2 Å². The number of benzene rings is 1. The second-order valence-corrected chi connectivity index (χ2v) is 7.73. The number of sulfonamides is 1. The Morgan fingerprint density at radius 2 is 1.59 bits per heavy atom. The normalized spacial score (nSPS) is 17.6. The Kier molecular flexibility index (Phi) is 4.87. The molecule has 1 aromatic rings. The van der Waals surface area contributed by atoms with Gasteiger partial charge in [0, 0.05) is 12.1 Å². The molecule has 0 atom stereocenters. The Morgan fingerprint density at radius 1 is 1.09 bits per heavy atom. The van der Waals surface area contributed by atoms with Gasteiger partial charge in [-0.3, -0.25) is 0 Å². The van der Waals surface area contributed by atoms with E-state index in [9.17, 15) is 21.6 Å². The van der Waals surface area contributed by atoms with Crippen LogP contribution in [0.1, 0.15) is 45.1 Å². The third-order valence-corrected chi connectivity index (χ3v) is 6.09. The summed E-state index contributed by atoms with van der Waals surface area (Å²) >= 11 is 0. The first-order valence-electron chi connectivity index (χ1n) is 7.35. The van der Waals surface area contributed by atoms with E-state index in [2.05, 4.69) is 0 Å². The lowest BCUT2D eigenvalue weighted by atomic mass is 10.2. The minimum atomic E-state index is -4.47. The Labute approximate surface area is 129 Å². The number of nitrogens with zero attached hydrogens (tertiary/aromatic N) is 1. The maximum Gasteiger partial charge on any atom is 0.416 e. The molecular weight excluding hydrogens is 315 g/mol. The van der Waals surface area contributed by atoms with Gasteiger partial charge in [0.25, 0.3) is 0 Å². The van der Waals surface area contributed by atoms with E-state index in [4.69, 9.17) is 0 Å². The van der Waals surface area contributed by atoms with Crippen molar-refractivity contribution in [2.24, 2.45) is 0 Å². The SMILES string of the molecule is CC(C)N(C1CCCC1)S(=O)(=O)c1ccc(C(F)(F)F)cc1. The summed E-state index contributed by atoms with van der Waals surface area (Å²) in [7, 11) is -3.78. The molecule has 0 spiro atoms. The fourth-order valence-corrected chi connectivity index (χ4v) is 4.87. The number of alkyl halides is 3. The predicted molar refractivity (Wildman–Crippen MR) is 77.9 cm³/mol. The smallest absolute Gasteiger partial charge is 0.207 e. The largest absolute Gasteiger partial charge is 0.416 e. The summed E-state index contributed by atoms with van der Waals surface area (Å²) in [6, 6.07) is 3.44. The first kappa shape index (κ1) is 17.3. The van der Waals surface area contributed by atoms with Gasteiger partial charge in [-0.1, -0.05) is 12.8 Å². The van der Waals surface area contributed by atoms with Crippen molar-refractivity contribution in [1.82, 2.24) is 4.31 Å². The van der Waals surface area contributed by atoms with Crippen LogP contribution in [-0.2, 0) is 16.2 Å². The molecule has 0 saturated heterocycles. The standard InChI is InChI=1S/C15H20F3NO2S/c1-11(2)19(13-5-3-4-6-13)22(20,21)14-9-7-12(8-10-14)15(16,17)18/h7-11,13H,3-6H2,1-2H3. The number of hydrogen-bond donors (Lipinski definition) is 0. The monoisotopic (exact) mass is 335 g/mol. The first-order valence-corrected chi connectivity index (χ1v) is 8.79. The average molecular weight is 335 g/mol. The van der Waals surface area contributed by atoms with Crippen molar-refractivity contribution < 1.29 is 21.6 Å². The molecule has 0 bridgehead atoms. The van der Waals surface area contributed by atoms with Gasteiger partial charge in [0.05, 0.1) is 10.5 Å². The molecule has 0 heterocycles. The van der Waals surface area contributed by atoms with E-state index in [0.717, 1.165) is 49.9 Å². The molecule has 1 aliphatic carbocycles. The molecule has 1 aliphatic rings. The maximum atomic E-state index is 12.8. The average Bonchev–Trinajstić information content (AvgIpc) is 2.90. The van der Waals surface area contributed by atoms with E-state index < -0.39 is 21.8 Å². The van der Waals surface area contributed by atoms with Crippen LogP contribution in [0.2, 0.25) is 0 Å². The van der Waals surface area contributed by atoms with E-state index in [0.29, 0.717) is 0 Å². The van der Waals surface area contributed by atoms with Crippen LogP contribution in [0, 0.1) is 0 Å². The summed E-state index contributed by atoms with van der Waals surface area (Å²) < 4.78 is 64.7. The lowest BCUT2D eigenvalue weighted by Crippen LogP contribution is -2.43. The summed E-state index contributed by atoms with van der Waals surface area (Å²) in [5, 5.41) is 0. The van der Waals surface area contributed by atoms with Crippen LogP contribution < -0.4 is 0 Å². The molecule has 1 aromatic carbocycles. The van der Waals surface area contributed by atoms with E-state index in [1.165, 1.54) is 4.31 Å². The van der Waals surface area contributed by atoms with E-state index in [1.54, 1.807) is 13.8 Å². The highest BCUT2D eigenvalue weighted by atomic mass is 32.2. The van der Waals surface area contributed by atoms with Crippen molar-refractivity contribution in [1.29, 1.82) is 0 Å². The van der Waals surface area contributed by atoms with Gasteiger partial charge in [0.1, 0.15) is 0 Å². The third-order valence-electron chi connectivity index (χ3n) is 3.95. The minimum absolute atomic E-state index is 0.0627. The van der Waals surface area contributed by atoms with Crippen molar-refractivity contribution >= 4 is 10.0 Å². The van der Waals surface area contributed by atoms with Gasteiger partial charge in [-0.25, -0.2) is 8.42 Å². The van der Waals surface area contributed by atoms with Gasteiger partial charge >= 0.3 is 6.18 Å². The highest BCUT2D eigenvalue weighted by Crippen LogP contribution is 2.33. The fraction of sp³-hybridized carbons (Fsp3) is 0.600. The van der Waals surface area contributed by atoms with Gasteiger partial charge in [-0.05, 0) is 51.0 Å². The highest BCUT2D eigenvalue weighted by Gasteiger charge is 2.36. The summed E-state index contributed by atoms with van der Waals surface area (Å²) in [4.78, 5) is -0.0823. The zero-order valence-corrected chi connectivity index (χ0v) is 13.4. The van der Waals surface area contributed by atoms with Crippen LogP contribution in [-0.4, -0.2) is 24.8 Å². The summed E-state index contributed by atoms with van der Waals surface area (Å²) in [5.41, 5.74) is -0.844. The molecule has 1 saturated carbocycles. The van der Waals surface area contributed by atoms with Crippen LogP contribution in [0.4, 0.5) is 13.2 Å². The highest BCUT2D eigenvalue weighted by molar-refractivity contribution is 7.89. The minimum Gasteiger partial charge on any atom is -0.207 e. The number of halogens is 3. The van der Waals surface area contributed by atoms with E-state index in [1.807, 2.05) is 0 Å². The molecule has 0 aromatic heterocycles. The number of hydrogen-bond acceptors (Lipinski definition) is 2. The molecule has 0 aliphatic heterocycles. The van der Waals surface area contributed by atoms with Crippen LogP contribution >= 0.6 is 0 Å². The fourth-order valence-electron chi connectivity index (χ4n) is 2.99. The molecule has 0 N–H and O–H groups in total. The van der Waals surface area contributed by atoms with Gasteiger partial charge in [-0.15, -0.1) is 0 Å². The Hall–Kier alpha value is -1.08. The maximum absolute atomic E-state index is 12.8. The zero-order valence-electron chi connectivity index (χ0n) is 12.6. The molecule has 1 fully saturated rings. The van der Waals surface area contributed by atoms with Crippen molar-refractivity contribution in [3.63, 3.8) is 0 Å². The second kappa shape index (κ2) is 6.20. The van der Waals surface area contributed by atoms with Crippen LogP contribution in [0.3, 0.4) is 0 Å². The molecule has 2 rings (SSSR count). The predicted octanol–water partition coefficient (Wildman–Crippen LogP) is 4.05. The van der Waals surface area contributed by atoms with Crippen molar-refractivity contribution in [2.75, 3.05) is 0 Å². The van der Waals surface area contributed by atoms with Crippen molar-refractivity contribution in [3.05, 3.63) is 29.8 Å². The van der Waals surface area contributed by atoms with Crippen molar-refractivity contribution in [2.45, 2.75) is 62.7 Å². The topological polar surface area (TPSA) is 37.4 Å². The lowest BCUT2D eigenvalue weighted by molar-refractivity contribution is -0.137. The molecule has 22 heavy (non-hydrogen) atoms. The second-order valence-electron chi connectivity index (χ2n) is 5.89. The third kappa shape index (κ3) is 3.46.